The zero-order valence-corrected chi connectivity index (χ0v) is 13.8. The molecule has 20 heavy (non-hydrogen) atoms. The minimum absolute atomic E-state index is 0.492. The summed E-state index contributed by atoms with van der Waals surface area (Å²) in [6.45, 7) is 13.1. The minimum Gasteiger partial charge on any atom is -0.369 e. The number of nitrogens with zero attached hydrogens (tertiary/aromatic N) is 2. The zero-order valence-electron chi connectivity index (χ0n) is 13.8. The van der Waals surface area contributed by atoms with Crippen LogP contribution in [0.4, 0.5) is 5.69 Å². The van der Waals surface area contributed by atoms with Crippen molar-refractivity contribution in [1.82, 2.24) is 10.3 Å². The van der Waals surface area contributed by atoms with Gasteiger partial charge in [-0.25, -0.2) is 0 Å². The number of nitrogens with one attached hydrogen (secondary N) is 1. The molecule has 1 unspecified atom stereocenters. The van der Waals surface area contributed by atoms with Crippen LogP contribution in [0, 0.1) is 0 Å². The van der Waals surface area contributed by atoms with Crippen LogP contribution in [0.3, 0.4) is 0 Å². The second kappa shape index (κ2) is 8.96. The van der Waals surface area contributed by atoms with Gasteiger partial charge in [0.2, 0.25) is 0 Å². The lowest BCUT2D eigenvalue weighted by molar-refractivity contribution is 0.578. The predicted molar refractivity (Wildman–Crippen MR) is 88.2 cm³/mol. The molecule has 3 nitrogen and oxygen atoms in total. The van der Waals surface area contributed by atoms with E-state index in [-0.39, 0.29) is 0 Å². The van der Waals surface area contributed by atoms with E-state index >= 15 is 0 Å². The molecule has 0 saturated heterocycles. The number of aromatic nitrogens is 1. The Hall–Kier alpha value is -1.09. The standard InChI is InChI=1S/C17H31N3/c1-6-8-11-20(15(5)7-2)17-9-10-18-16(12-17)13-19-14(3)4/h9-10,12,14-15,19H,6-8,11,13H2,1-5H3. The van der Waals surface area contributed by atoms with Crippen LogP contribution in [0.5, 0.6) is 0 Å². The van der Waals surface area contributed by atoms with Crippen molar-refractivity contribution >= 4 is 5.69 Å². The van der Waals surface area contributed by atoms with Gasteiger partial charge in [-0.1, -0.05) is 34.1 Å². The summed E-state index contributed by atoms with van der Waals surface area (Å²) in [5.74, 6) is 0. The van der Waals surface area contributed by atoms with Crippen LogP contribution in [-0.4, -0.2) is 23.6 Å². The van der Waals surface area contributed by atoms with Crippen LogP contribution >= 0.6 is 0 Å². The molecule has 0 spiro atoms. The monoisotopic (exact) mass is 277 g/mol. The molecule has 1 aromatic heterocycles. The molecule has 114 valence electrons. The van der Waals surface area contributed by atoms with Gasteiger partial charge in [0.25, 0.3) is 0 Å². The molecule has 0 radical (unpaired) electrons. The SMILES string of the molecule is CCCCN(c1ccnc(CNC(C)C)c1)C(C)CC. The molecule has 1 atom stereocenters. The lowest BCUT2D eigenvalue weighted by atomic mass is 10.1. The van der Waals surface area contributed by atoms with E-state index in [0.29, 0.717) is 12.1 Å². The highest BCUT2D eigenvalue weighted by Gasteiger charge is 2.13. The zero-order chi connectivity index (χ0) is 15.0. The lowest BCUT2D eigenvalue weighted by Crippen LogP contribution is -2.33. The van der Waals surface area contributed by atoms with Gasteiger partial charge in [-0.3, -0.25) is 4.98 Å². The Morgan fingerprint density at radius 3 is 2.60 bits per heavy atom. The normalized spacial score (nSPS) is 12.7. The molecule has 1 rings (SSSR count). The van der Waals surface area contributed by atoms with Crippen LogP contribution in [0.2, 0.25) is 0 Å². The fourth-order valence-corrected chi connectivity index (χ4v) is 2.20. The quantitative estimate of drug-likeness (QED) is 0.740. The predicted octanol–water partition coefficient (Wildman–Crippen LogP) is 3.98. The van der Waals surface area contributed by atoms with Gasteiger partial charge in [0.05, 0.1) is 5.69 Å². The Balaban J connectivity index is 2.81. The first-order valence-corrected chi connectivity index (χ1v) is 8.03. The van der Waals surface area contributed by atoms with Gasteiger partial charge in [-0.2, -0.15) is 0 Å². The van der Waals surface area contributed by atoms with E-state index in [1.807, 2.05) is 6.20 Å². The fourth-order valence-electron chi connectivity index (χ4n) is 2.20. The van der Waals surface area contributed by atoms with Crippen LogP contribution < -0.4 is 10.2 Å². The third kappa shape index (κ3) is 5.49. The fraction of sp³-hybridized carbons (Fsp3) is 0.706. The second-order valence-electron chi connectivity index (χ2n) is 5.85. The van der Waals surface area contributed by atoms with Crippen molar-refractivity contribution in [1.29, 1.82) is 0 Å². The van der Waals surface area contributed by atoms with Gasteiger partial charge >= 0.3 is 0 Å². The lowest BCUT2D eigenvalue weighted by Gasteiger charge is -2.31. The third-order valence-corrected chi connectivity index (χ3v) is 3.70. The highest BCUT2D eigenvalue weighted by atomic mass is 15.2. The van der Waals surface area contributed by atoms with Crippen LogP contribution in [0.15, 0.2) is 18.3 Å². The van der Waals surface area contributed by atoms with E-state index < -0.39 is 0 Å². The average Bonchev–Trinajstić information content (AvgIpc) is 2.45. The Labute approximate surface area is 124 Å². The number of pyridine rings is 1. The van der Waals surface area contributed by atoms with Crippen molar-refractivity contribution < 1.29 is 0 Å². The van der Waals surface area contributed by atoms with E-state index in [2.05, 4.69) is 62.0 Å². The third-order valence-electron chi connectivity index (χ3n) is 3.70. The largest absolute Gasteiger partial charge is 0.369 e. The van der Waals surface area contributed by atoms with Gasteiger partial charge < -0.3 is 10.2 Å². The molecular formula is C17H31N3. The Kier molecular flexibility index (Phi) is 7.60. The summed E-state index contributed by atoms with van der Waals surface area (Å²) in [6, 6.07) is 5.44. The Morgan fingerprint density at radius 2 is 2.00 bits per heavy atom. The molecule has 3 heteroatoms. The van der Waals surface area contributed by atoms with Gasteiger partial charge in [-0.05, 0) is 31.9 Å². The average molecular weight is 277 g/mol. The van der Waals surface area contributed by atoms with E-state index in [0.717, 1.165) is 18.8 Å². The van der Waals surface area contributed by atoms with Gasteiger partial charge in [0, 0.05) is 37.1 Å². The topological polar surface area (TPSA) is 28.2 Å². The molecule has 0 fully saturated rings. The van der Waals surface area contributed by atoms with Crippen molar-refractivity contribution in [3.8, 4) is 0 Å². The van der Waals surface area contributed by atoms with Gasteiger partial charge in [-0.15, -0.1) is 0 Å². The van der Waals surface area contributed by atoms with E-state index in [9.17, 15) is 0 Å². The van der Waals surface area contributed by atoms with Crippen LogP contribution in [-0.2, 0) is 6.54 Å². The van der Waals surface area contributed by atoms with E-state index in [1.54, 1.807) is 0 Å². The first-order chi connectivity index (χ1) is 9.58. The molecule has 0 aliphatic carbocycles. The highest BCUT2D eigenvalue weighted by Crippen LogP contribution is 2.20. The summed E-state index contributed by atoms with van der Waals surface area (Å²) in [6.07, 6.45) is 5.59. The summed E-state index contributed by atoms with van der Waals surface area (Å²) in [4.78, 5) is 6.99. The smallest absolute Gasteiger partial charge is 0.0562 e. The number of rotatable bonds is 9. The second-order valence-corrected chi connectivity index (χ2v) is 5.85. The van der Waals surface area contributed by atoms with Crippen molar-refractivity contribution in [2.75, 3.05) is 11.4 Å². The molecule has 0 aliphatic rings. The summed E-state index contributed by atoms with van der Waals surface area (Å²) in [7, 11) is 0. The van der Waals surface area contributed by atoms with E-state index in [1.165, 1.54) is 24.9 Å². The maximum absolute atomic E-state index is 4.47. The van der Waals surface area contributed by atoms with Crippen LogP contribution in [0.25, 0.3) is 0 Å². The summed E-state index contributed by atoms with van der Waals surface area (Å²) >= 11 is 0. The first kappa shape index (κ1) is 17.0. The van der Waals surface area contributed by atoms with Crippen molar-refractivity contribution in [2.45, 2.75) is 72.5 Å². The molecule has 1 N–H and O–H groups in total. The van der Waals surface area contributed by atoms with Crippen molar-refractivity contribution in [3.05, 3.63) is 24.0 Å². The molecule has 0 saturated carbocycles. The molecule has 0 amide bonds. The number of hydrogen-bond donors (Lipinski definition) is 1. The van der Waals surface area contributed by atoms with Crippen molar-refractivity contribution in [3.63, 3.8) is 0 Å². The molecular weight excluding hydrogens is 246 g/mol. The maximum atomic E-state index is 4.47. The maximum Gasteiger partial charge on any atom is 0.0562 e. The van der Waals surface area contributed by atoms with Gasteiger partial charge in [0.1, 0.15) is 0 Å². The minimum atomic E-state index is 0.492. The van der Waals surface area contributed by atoms with E-state index in [4.69, 9.17) is 0 Å². The molecule has 1 aromatic rings. The number of anilines is 1. The van der Waals surface area contributed by atoms with Gasteiger partial charge in [0.15, 0.2) is 0 Å². The summed E-state index contributed by atoms with van der Waals surface area (Å²) in [5, 5.41) is 3.43. The van der Waals surface area contributed by atoms with Crippen LogP contribution in [0.1, 0.15) is 59.6 Å². The first-order valence-electron chi connectivity index (χ1n) is 8.03. The van der Waals surface area contributed by atoms with Crippen molar-refractivity contribution in [2.24, 2.45) is 0 Å². The summed E-state index contributed by atoms with van der Waals surface area (Å²) < 4.78 is 0. The summed E-state index contributed by atoms with van der Waals surface area (Å²) in [5.41, 5.74) is 2.43. The Morgan fingerprint density at radius 1 is 1.25 bits per heavy atom. The number of hydrogen-bond acceptors (Lipinski definition) is 3. The number of unbranched alkanes of at least 4 members (excludes halogenated alkanes) is 1. The molecule has 1 heterocycles. The molecule has 0 bridgehead atoms. The molecule has 0 aromatic carbocycles. The Bertz CT molecular complexity index is 376. The highest BCUT2D eigenvalue weighted by molar-refractivity contribution is 5.47. The molecule has 0 aliphatic heterocycles.